The summed E-state index contributed by atoms with van der Waals surface area (Å²) < 4.78 is 4.75. The van der Waals surface area contributed by atoms with Crippen molar-refractivity contribution >= 4 is 40.5 Å². The molecule has 0 saturated heterocycles. The van der Waals surface area contributed by atoms with E-state index in [4.69, 9.17) is 27.9 Å². The molecule has 2 aromatic rings. The van der Waals surface area contributed by atoms with Crippen LogP contribution in [0.15, 0.2) is 35.7 Å². The average molecular weight is 344 g/mol. The van der Waals surface area contributed by atoms with E-state index in [-0.39, 0.29) is 18.4 Å². The summed E-state index contributed by atoms with van der Waals surface area (Å²) in [5, 5.41) is 6.52. The van der Waals surface area contributed by atoms with Crippen LogP contribution in [0, 0.1) is 0 Å². The predicted molar refractivity (Wildman–Crippen MR) is 87.0 cm³/mol. The Hall–Kier alpha value is -1.07. The van der Waals surface area contributed by atoms with E-state index in [0.717, 1.165) is 10.4 Å². The Morgan fingerprint density at radius 1 is 1.29 bits per heavy atom. The van der Waals surface area contributed by atoms with Crippen molar-refractivity contribution in [3.05, 3.63) is 56.2 Å². The number of halogens is 2. The molecule has 0 aliphatic carbocycles. The first kappa shape index (κ1) is 16.3. The van der Waals surface area contributed by atoms with Gasteiger partial charge in [-0.15, -0.1) is 11.3 Å². The second kappa shape index (κ2) is 7.80. The molecule has 1 heterocycles. The monoisotopic (exact) mass is 343 g/mol. The van der Waals surface area contributed by atoms with Crippen molar-refractivity contribution in [2.24, 2.45) is 0 Å². The topological polar surface area (TPSA) is 38.3 Å². The van der Waals surface area contributed by atoms with Crippen LogP contribution >= 0.6 is 34.5 Å². The number of benzene rings is 1. The van der Waals surface area contributed by atoms with Gasteiger partial charge in [0.1, 0.15) is 0 Å². The van der Waals surface area contributed by atoms with Crippen molar-refractivity contribution in [1.29, 1.82) is 0 Å². The summed E-state index contributed by atoms with van der Waals surface area (Å²) in [7, 11) is 1.39. The molecule has 2 rings (SSSR count). The Morgan fingerprint density at radius 3 is 2.57 bits per heavy atom. The second-order valence-corrected chi connectivity index (χ2v) is 6.22. The minimum Gasteiger partial charge on any atom is -0.469 e. The molecule has 1 unspecified atom stereocenters. The lowest BCUT2D eigenvalue weighted by molar-refractivity contribution is -0.141. The van der Waals surface area contributed by atoms with E-state index in [9.17, 15) is 4.79 Å². The van der Waals surface area contributed by atoms with Gasteiger partial charge in [0.15, 0.2) is 0 Å². The standard InChI is InChI=1S/C15H15Cl2NO2S/c1-20-15(19)8-13(14-6-3-7-21-14)18-9-10-11(16)4-2-5-12(10)17/h2-7,13,18H,8-9H2,1H3. The first-order chi connectivity index (χ1) is 10.1. The van der Waals surface area contributed by atoms with Crippen molar-refractivity contribution in [2.75, 3.05) is 7.11 Å². The van der Waals surface area contributed by atoms with Gasteiger partial charge in [-0.1, -0.05) is 35.3 Å². The van der Waals surface area contributed by atoms with Crippen LogP contribution in [0.5, 0.6) is 0 Å². The molecule has 1 aromatic heterocycles. The maximum atomic E-state index is 11.6. The van der Waals surface area contributed by atoms with Gasteiger partial charge >= 0.3 is 5.97 Å². The summed E-state index contributed by atoms with van der Waals surface area (Å²) in [6.07, 6.45) is 0.263. The van der Waals surface area contributed by atoms with E-state index < -0.39 is 0 Å². The smallest absolute Gasteiger partial charge is 0.307 e. The van der Waals surface area contributed by atoms with Gasteiger partial charge in [0.05, 0.1) is 19.6 Å². The molecule has 1 N–H and O–H groups in total. The molecule has 0 bridgehead atoms. The largest absolute Gasteiger partial charge is 0.469 e. The normalized spacial score (nSPS) is 12.1. The minimum atomic E-state index is -0.258. The molecule has 0 fully saturated rings. The SMILES string of the molecule is COC(=O)CC(NCc1c(Cl)cccc1Cl)c1cccs1. The number of methoxy groups -OCH3 is 1. The molecule has 1 atom stereocenters. The van der Waals surface area contributed by atoms with Crippen LogP contribution in [0.2, 0.25) is 10.0 Å². The molecule has 112 valence electrons. The molecular formula is C15H15Cl2NO2S. The highest BCUT2D eigenvalue weighted by Crippen LogP contribution is 2.27. The number of hydrogen-bond acceptors (Lipinski definition) is 4. The van der Waals surface area contributed by atoms with Crippen molar-refractivity contribution in [3.63, 3.8) is 0 Å². The number of carbonyl (C=O) groups excluding carboxylic acids is 1. The van der Waals surface area contributed by atoms with E-state index in [1.54, 1.807) is 29.5 Å². The summed E-state index contributed by atoms with van der Waals surface area (Å²) in [5.41, 5.74) is 0.826. The number of hydrogen-bond donors (Lipinski definition) is 1. The van der Waals surface area contributed by atoms with Crippen molar-refractivity contribution in [2.45, 2.75) is 19.0 Å². The molecule has 1 aromatic carbocycles. The van der Waals surface area contributed by atoms with Crippen molar-refractivity contribution in [1.82, 2.24) is 5.32 Å². The van der Waals surface area contributed by atoms with E-state index in [0.29, 0.717) is 16.6 Å². The van der Waals surface area contributed by atoms with Gasteiger partial charge in [-0.3, -0.25) is 4.79 Å². The van der Waals surface area contributed by atoms with Gasteiger partial charge in [0, 0.05) is 27.0 Å². The Bertz CT molecular complexity index is 581. The van der Waals surface area contributed by atoms with Gasteiger partial charge in [0.2, 0.25) is 0 Å². The van der Waals surface area contributed by atoms with Crippen LogP contribution in [0.4, 0.5) is 0 Å². The van der Waals surface area contributed by atoms with Gasteiger partial charge < -0.3 is 10.1 Å². The molecule has 0 saturated carbocycles. The average Bonchev–Trinajstić information content (AvgIpc) is 2.99. The highest BCUT2D eigenvalue weighted by molar-refractivity contribution is 7.10. The molecule has 3 nitrogen and oxygen atoms in total. The summed E-state index contributed by atoms with van der Waals surface area (Å²) in [6, 6.07) is 9.22. The van der Waals surface area contributed by atoms with Crippen LogP contribution in [-0.4, -0.2) is 13.1 Å². The lowest BCUT2D eigenvalue weighted by Gasteiger charge is -2.17. The lowest BCUT2D eigenvalue weighted by atomic mass is 10.1. The molecule has 0 radical (unpaired) electrons. The molecule has 21 heavy (non-hydrogen) atoms. The maximum absolute atomic E-state index is 11.6. The third kappa shape index (κ3) is 4.45. The Morgan fingerprint density at radius 2 is 2.00 bits per heavy atom. The van der Waals surface area contributed by atoms with Gasteiger partial charge in [-0.25, -0.2) is 0 Å². The Kier molecular flexibility index (Phi) is 6.06. The quantitative estimate of drug-likeness (QED) is 0.787. The van der Waals surface area contributed by atoms with E-state index in [2.05, 4.69) is 5.32 Å². The van der Waals surface area contributed by atoms with Crippen LogP contribution in [0.1, 0.15) is 22.9 Å². The summed E-state index contributed by atoms with van der Waals surface area (Å²) >= 11 is 13.9. The zero-order valence-corrected chi connectivity index (χ0v) is 13.8. The Labute approximate surface area is 137 Å². The van der Waals surface area contributed by atoms with Gasteiger partial charge in [-0.05, 0) is 23.6 Å². The third-order valence-corrected chi connectivity index (χ3v) is 4.77. The van der Waals surface area contributed by atoms with Crippen LogP contribution in [-0.2, 0) is 16.1 Å². The van der Waals surface area contributed by atoms with E-state index in [1.807, 2.05) is 17.5 Å². The number of rotatable bonds is 6. The first-order valence-electron chi connectivity index (χ1n) is 6.38. The first-order valence-corrected chi connectivity index (χ1v) is 8.02. The van der Waals surface area contributed by atoms with E-state index >= 15 is 0 Å². The fraction of sp³-hybridized carbons (Fsp3) is 0.267. The number of carbonyl (C=O) groups is 1. The third-order valence-electron chi connectivity index (χ3n) is 3.07. The minimum absolute atomic E-state index is 0.121. The van der Waals surface area contributed by atoms with E-state index in [1.165, 1.54) is 7.11 Å². The molecule has 0 aliphatic heterocycles. The Balaban J connectivity index is 2.10. The zero-order chi connectivity index (χ0) is 15.2. The highest BCUT2D eigenvalue weighted by Gasteiger charge is 2.18. The molecule has 6 heteroatoms. The summed E-state index contributed by atoms with van der Waals surface area (Å²) in [4.78, 5) is 12.6. The number of esters is 1. The number of nitrogens with one attached hydrogen (secondary N) is 1. The van der Waals surface area contributed by atoms with Gasteiger partial charge in [0.25, 0.3) is 0 Å². The summed E-state index contributed by atoms with van der Waals surface area (Å²) in [5.74, 6) is -0.258. The molecular weight excluding hydrogens is 329 g/mol. The van der Waals surface area contributed by atoms with Crippen molar-refractivity contribution < 1.29 is 9.53 Å². The fourth-order valence-electron chi connectivity index (χ4n) is 1.94. The van der Waals surface area contributed by atoms with Crippen LogP contribution in [0.3, 0.4) is 0 Å². The second-order valence-electron chi connectivity index (χ2n) is 4.43. The highest BCUT2D eigenvalue weighted by atomic mass is 35.5. The van der Waals surface area contributed by atoms with Crippen LogP contribution < -0.4 is 5.32 Å². The molecule has 0 amide bonds. The predicted octanol–water partition coefficient (Wildman–Crippen LogP) is 4.45. The molecule has 0 aliphatic rings. The number of thiophene rings is 1. The van der Waals surface area contributed by atoms with Crippen LogP contribution in [0.25, 0.3) is 0 Å². The van der Waals surface area contributed by atoms with Gasteiger partial charge in [-0.2, -0.15) is 0 Å². The van der Waals surface area contributed by atoms with Crippen molar-refractivity contribution in [3.8, 4) is 0 Å². The number of ether oxygens (including phenoxy) is 1. The lowest BCUT2D eigenvalue weighted by Crippen LogP contribution is -2.23. The molecule has 0 spiro atoms. The zero-order valence-electron chi connectivity index (χ0n) is 11.4. The summed E-state index contributed by atoms with van der Waals surface area (Å²) in [6.45, 7) is 0.484. The fourth-order valence-corrected chi connectivity index (χ4v) is 3.27. The maximum Gasteiger partial charge on any atom is 0.307 e.